The van der Waals surface area contributed by atoms with Crippen molar-refractivity contribution < 1.29 is 0 Å². The Balaban J connectivity index is 0.888. The topological polar surface area (TPSA) is 3.24 Å². The van der Waals surface area contributed by atoms with Gasteiger partial charge >= 0.3 is 0 Å². The van der Waals surface area contributed by atoms with Crippen molar-refractivity contribution in [2.75, 3.05) is 4.90 Å². The second-order valence-corrected chi connectivity index (χ2v) is 18.1. The first-order chi connectivity index (χ1) is 32.5. The van der Waals surface area contributed by atoms with Crippen LogP contribution in [0.3, 0.4) is 0 Å². The standard InChI is InChI=1S/C65H47N/c1-65(2)63-42-53(62-41-52-17-9-10-18-57(52)58-19-11-12-20-59(58)62)33-39-60(63)61-40-38-56(43-64(61)65)66(54-34-29-50(30-35-54)45-15-7-4-8-16-45)55-36-31-51(32-37-55)49-27-25-48(26-28-49)47-23-21-46(22-24-47)44-13-5-3-6-14-44/h3-43H,1-2H3. The molecule has 0 heterocycles. The van der Waals surface area contributed by atoms with Gasteiger partial charge in [0.15, 0.2) is 0 Å². The molecule has 312 valence electrons. The third kappa shape index (κ3) is 6.89. The van der Waals surface area contributed by atoms with Crippen LogP contribution in [0.15, 0.2) is 249 Å². The molecule has 1 heteroatoms. The molecule has 66 heavy (non-hydrogen) atoms. The van der Waals surface area contributed by atoms with E-state index in [1.165, 1.54) is 99.4 Å². The summed E-state index contributed by atoms with van der Waals surface area (Å²) in [6.07, 6.45) is 0. The highest BCUT2D eigenvalue weighted by atomic mass is 15.1. The summed E-state index contributed by atoms with van der Waals surface area (Å²) in [6.45, 7) is 4.78. The van der Waals surface area contributed by atoms with Crippen LogP contribution in [-0.4, -0.2) is 0 Å². The summed E-state index contributed by atoms with van der Waals surface area (Å²) in [6, 6.07) is 91.2. The Bertz CT molecular complexity index is 3550. The van der Waals surface area contributed by atoms with Crippen LogP contribution in [0.5, 0.6) is 0 Å². The molecule has 0 aromatic heterocycles. The quantitative estimate of drug-likeness (QED) is 0.138. The van der Waals surface area contributed by atoms with Crippen LogP contribution in [0.2, 0.25) is 0 Å². The Kier molecular flexibility index (Phi) is 9.58. The zero-order valence-electron chi connectivity index (χ0n) is 37.1. The average Bonchev–Trinajstić information content (AvgIpc) is 3.61. The fourth-order valence-electron chi connectivity index (χ4n) is 10.3. The van der Waals surface area contributed by atoms with Gasteiger partial charge in [0, 0.05) is 22.5 Å². The molecule has 0 saturated carbocycles. The van der Waals surface area contributed by atoms with Crippen LogP contribution in [0.4, 0.5) is 17.1 Å². The second-order valence-electron chi connectivity index (χ2n) is 18.1. The van der Waals surface area contributed by atoms with E-state index in [2.05, 4.69) is 267 Å². The lowest BCUT2D eigenvalue weighted by Crippen LogP contribution is -2.16. The van der Waals surface area contributed by atoms with Gasteiger partial charge in [-0.3, -0.25) is 0 Å². The number of fused-ring (bicyclic) bond motifs is 6. The van der Waals surface area contributed by atoms with Gasteiger partial charge in [-0.2, -0.15) is 0 Å². The summed E-state index contributed by atoms with van der Waals surface area (Å²) in [7, 11) is 0. The molecular weight excluding hydrogens is 795 g/mol. The van der Waals surface area contributed by atoms with Gasteiger partial charge < -0.3 is 4.90 Å². The molecule has 0 atom stereocenters. The van der Waals surface area contributed by atoms with E-state index in [-0.39, 0.29) is 5.41 Å². The van der Waals surface area contributed by atoms with Crippen molar-refractivity contribution in [3.05, 3.63) is 260 Å². The van der Waals surface area contributed by atoms with E-state index in [9.17, 15) is 0 Å². The van der Waals surface area contributed by atoms with Crippen molar-refractivity contribution in [1.82, 2.24) is 0 Å². The monoisotopic (exact) mass is 841 g/mol. The molecule has 11 aromatic rings. The van der Waals surface area contributed by atoms with Crippen molar-refractivity contribution in [3.63, 3.8) is 0 Å². The molecule has 0 unspecified atom stereocenters. The van der Waals surface area contributed by atoms with E-state index in [0.717, 1.165) is 17.1 Å². The smallest absolute Gasteiger partial charge is 0.0465 e. The summed E-state index contributed by atoms with van der Waals surface area (Å²) in [4.78, 5) is 2.41. The molecule has 0 N–H and O–H groups in total. The van der Waals surface area contributed by atoms with Crippen LogP contribution in [0.25, 0.3) is 88.3 Å². The minimum atomic E-state index is -0.216. The number of hydrogen-bond acceptors (Lipinski definition) is 1. The molecule has 1 aliphatic carbocycles. The SMILES string of the molecule is CC1(C)c2cc(-c3cc4ccccc4c4ccccc34)ccc2-c2ccc(N(c3ccc(-c4ccccc4)cc3)c3ccc(-c4ccc(-c5ccc(-c6ccccc6)cc5)cc4)cc3)cc21. The molecule has 11 aromatic carbocycles. The Morgan fingerprint density at radius 1 is 0.258 bits per heavy atom. The maximum atomic E-state index is 2.46. The van der Waals surface area contributed by atoms with E-state index < -0.39 is 0 Å². The minimum Gasteiger partial charge on any atom is -0.310 e. The maximum absolute atomic E-state index is 2.46. The van der Waals surface area contributed by atoms with Gasteiger partial charge in [-0.1, -0.05) is 214 Å². The van der Waals surface area contributed by atoms with Gasteiger partial charge in [0.25, 0.3) is 0 Å². The highest BCUT2D eigenvalue weighted by Gasteiger charge is 2.36. The summed E-state index contributed by atoms with van der Waals surface area (Å²) < 4.78 is 0. The number of hydrogen-bond donors (Lipinski definition) is 0. The Morgan fingerprint density at radius 2 is 0.621 bits per heavy atom. The molecule has 0 amide bonds. The van der Waals surface area contributed by atoms with Crippen molar-refractivity contribution in [2.24, 2.45) is 0 Å². The maximum Gasteiger partial charge on any atom is 0.0465 e. The van der Waals surface area contributed by atoms with E-state index in [0.29, 0.717) is 0 Å². The van der Waals surface area contributed by atoms with Crippen LogP contribution < -0.4 is 4.90 Å². The van der Waals surface area contributed by atoms with E-state index in [1.807, 2.05) is 0 Å². The third-order valence-corrected chi connectivity index (χ3v) is 13.9. The number of nitrogens with zero attached hydrogens (tertiary/aromatic N) is 1. The molecule has 0 saturated heterocycles. The number of rotatable bonds is 8. The highest BCUT2D eigenvalue weighted by Crippen LogP contribution is 2.52. The fourth-order valence-corrected chi connectivity index (χ4v) is 10.3. The second kappa shape index (κ2) is 16.1. The fraction of sp³-hybridized carbons (Fsp3) is 0.0462. The predicted molar refractivity (Wildman–Crippen MR) is 281 cm³/mol. The largest absolute Gasteiger partial charge is 0.310 e. The van der Waals surface area contributed by atoms with Crippen LogP contribution in [0.1, 0.15) is 25.0 Å². The lowest BCUT2D eigenvalue weighted by Gasteiger charge is -2.28. The van der Waals surface area contributed by atoms with Gasteiger partial charge in [-0.15, -0.1) is 0 Å². The first-order valence-corrected chi connectivity index (χ1v) is 23.0. The van der Waals surface area contributed by atoms with Crippen molar-refractivity contribution in [3.8, 4) is 66.8 Å². The van der Waals surface area contributed by atoms with E-state index in [1.54, 1.807) is 0 Å². The lowest BCUT2D eigenvalue weighted by atomic mass is 9.81. The zero-order chi connectivity index (χ0) is 44.2. The van der Waals surface area contributed by atoms with Gasteiger partial charge in [-0.05, 0) is 148 Å². The van der Waals surface area contributed by atoms with Gasteiger partial charge in [-0.25, -0.2) is 0 Å². The molecule has 0 fully saturated rings. The predicted octanol–water partition coefficient (Wildman–Crippen LogP) is 18.1. The van der Waals surface area contributed by atoms with E-state index in [4.69, 9.17) is 0 Å². The number of benzene rings is 11. The molecule has 0 bridgehead atoms. The number of anilines is 3. The van der Waals surface area contributed by atoms with Gasteiger partial charge in [0.2, 0.25) is 0 Å². The summed E-state index contributed by atoms with van der Waals surface area (Å²) in [5.41, 5.74) is 20.7. The van der Waals surface area contributed by atoms with Gasteiger partial charge in [0.1, 0.15) is 0 Å². The summed E-state index contributed by atoms with van der Waals surface area (Å²) >= 11 is 0. The van der Waals surface area contributed by atoms with Crippen molar-refractivity contribution in [1.29, 1.82) is 0 Å². The summed E-state index contributed by atoms with van der Waals surface area (Å²) in [5.74, 6) is 0. The van der Waals surface area contributed by atoms with Crippen LogP contribution >= 0.6 is 0 Å². The first kappa shape index (κ1) is 39.3. The molecular formula is C65H47N. The molecule has 1 aliphatic rings. The van der Waals surface area contributed by atoms with E-state index >= 15 is 0 Å². The average molecular weight is 842 g/mol. The molecule has 12 rings (SSSR count). The zero-order valence-corrected chi connectivity index (χ0v) is 37.1. The molecule has 1 nitrogen and oxygen atoms in total. The van der Waals surface area contributed by atoms with Crippen molar-refractivity contribution in [2.45, 2.75) is 19.3 Å². The molecule has 0 radical (unpaired) electrons. The Hall–Kier alpha value is -8.26. The molecule has 0 spiro atoms. The molecule has 0 aliphatic heterocycles. The first-order valence-electron chi connectivity index (χ1n) is 23.0. The third-order valence-electron chi connectivity index (χ3n) is 13.9. The van der Waals surface area contributed by atoms with Crippen LogP contribution in [-0.2, 0) is 5.41 Å². The Morgan fingerprint density at radius 3 is 1.14 bits per heavy atom. The van der Waals surface area contributed by atoms with Crippen LogP contribution in [0, 0.1) is 0 Å². The Labute approximate surface area is 387 Å². The van der Waals surface area contributed by atoms with Gasteiger partial charge in [0.05, 0.1) is 0 Å². The van der Waals surface area contributed by atoms with Crippen molar-refractivity contribution >= 4 is 38.6 Å². The lowest BCUT2D eigenvalue weighted by molar-refractivity contribution is 0.660. The summed E-state index contributed by atoms with van der Waals surface area (Å²) in [5, 5.41) is 5.14. The highest BCUT2D eigenvalue weighted by molar-refractivity contribution is 6.14. The normalized spacial score (nSPS) is 12.5. The minimum absolute atomic E-state index is 0.216.